The van der Waals surface area contributed by atoms with Crippen molar-refractivity contribution in [1.82, 2.24) is 19.9 Å². The summed E-state index contributed by atoms with van der Waals surface area (Å²) in [6, 6.07) is 14.9. The summed E-state index contributed by atoms with van der Waals surface area (Å²) in [6.45, 7) is 2.66. The average Bonchev–Trinajstić information content (AvgIpc) is 3.39. The number of benzene rings is 3. The first-order chi connectivity index (χ1) is 18.2. The molecule has 0 spiro atoms. The van der Waals surface area contributed by atoms with E-state index in [4.69, 9.17) is 4.52 Å². The summed E-state index contributed by atoms with van der Waals surface area (Å²) in [5.41, 5.74) is 1.02. The fourth-order valence-electron chi connectivity index (χ4n) is 4.27. The van der Waals surface area contributed by atoms with E-state index in [-0.39, 0.29) is 22.8 Å². The Morgan fingerprint density at radius 1 is 0.868 bits per heavy atom. The Morgan fingerprint density at radius 2 is 1.55 bits per heavy atom. The molecule has 1 aliphatic heterocycles. The molecule has 0 aliphatic carbocycles. The quantitative estimate of drug-likeness (QED) is 0.313. The number of carbonyl (C=O) groups is 1. The second-order valence-corrected chi connectivity index (χ2v) is 8.93. The van der Waals surface area contributed by atoms with E-state index in [0.717, 1.165) is 35.9 Å². The number of hydrogen-bond acceptors (Lipinski definition) is 5. The number of amides is 1. The minimum Gasteiger partial charge on any atom is -0.336 e. The molecule has 1 aromatic heterocycles. The van der Waals surface area contributed by atoms with Gasteiger partial charge in [0.05, 0.1) is 5.56 Å². The average molecular weight is 528 g/mol. The normalized spacial score (nSPS) is 14.6. The van der Waals surface area contributed by atoms with E-state index >= 15 is 0 Å². The van der Waals surface area contributed by atoms with Gasteiger partial charge in [0.2, 0.25) is 5.82 Å². The van der Waals surface area contributed by atoms with Crippen LogP contribution in [0.2, 0.25) is 0 Å². The van der Waals surface area contributed by atoms with Gasteiger partial charge >= 0.3 is 6.18 Å². The summed E-state index contributed by atoms with van der Waals surface area (Å²) in [7, 11) is 0. The summed E-state index contributed by atoms with van der Waals surface area (Å²) in [6.07, 6.45) is -4.47. The van der Waals surface area contributed by atoms with Gasteiger partial charge in [-0.25, -0.2) is 8.78 Å². The van der Waals surface area contributed by atoms with Gasteiger partial charge in [0, 0.05) is 55.5 Å². The van der Waals surface area contributed by atoms with E-state index in [1.165, 1.54) is 12.1 Å². The van der Waals surface area contributed by atoms with Crippen LogP contribution in [0.25, 0.3) is 22.8 Å². The molecule has 1 amide bonds. The van der Waals surface area contributed by atoms with Gasteiger partial charge in [0.15, 0.2) is 0 Å². The maximum atomic E-state index is 13.5. The van der Waals surface area contributed by atoms with Crippen molar-refractivity contribution in [3.8, 4) is 22.8 Å². The van der Waals surface area contributed by atoms with Crippen molar-refractivity contribution < 1.29 is 31.3 Å². The van der Waals surface area contributed by atoms with E-state index in [1.807, 2.05) is 12.1 Å². The molecule has 0 bridgehead atoms. The number of carbonyl (C=O) groups excluding carboxylic acids is 1. The van der Waals surface area contributed by atoms with Crippen molar-refractivity contribution in [2.24, 2.45) is 0 Å². The van der Waals surface area contributed by atoms with Gasteiger partial charge in [-0.2, -0.15) is 18.2 Å². The molecule has 11 heteroatoms. The molecular formula is C27H21F5N4O2. The van der Waals surface area contributed by atoms with Crippen LogP contribution in [0.5, 0.6) is 0 Å². The highest BCUT2D eigenvalue weighted by Crippen LogP contribution is 2.32. The van der Waals surface area contributed by atoms with Gasteiger partial charge in [-0.3, -0.25) is 9.69 Å². The van der Waals surface area contributed by atoms with Gasteiger partial charge in [0.25, 0.3) is 11.8 Å². The third-order valence-electron chi connectivity index (χ3n) is 6.25. The van der Waals surface area contributed by atoms with Crippen LogP contribution < -0.4 is 0 Å². The van der Waals surface area contributed by atoms with Crippen LogP contribution in [-0.4, -0.2) is 52.0 Å². The predicted octanol–water partition coefficient (Wildman–Crippen LogP) is 5.66. The number of nitrogens with zero attached hydrogens (tertiary/aromatic N) is 4. The van der Waals surface area contributed by atoms with Crippen molar-refractivity contribution in [2.45, 2.75) is 12.7 Å². The first-order valence-corrected chi connectivity index (χ1v) is 11.7. The topological polar surface area (TPSA) is 62.5 Å². The molecule has 3 aromatic carbocycles. The zero-order chi connectivity index (χ0) is 26.9. The van der Waals surface area contributed by atoms with E-state index < -0.39 is 29.3 Å². The molecule has 4 aromatic rings. The lowest BCUT2D eigenvalue weighted by Gasteiger charge is -2.34. The number of piperazine rings is 1. The van der Waals surface area contributed by atoms with E-state index in [9.17, 15) is 26.7 Å². The number of halogens is 5. The molecular weight excluding hydrogens is 507 g/mol. The molecule has 1 aliphatic rings. The first kappa shape index (κ1) is 25.5. The number of alkyl halides is 3. The van der Waals surface area contributed by atoms with Crippen LogP contribution in [0.4, 0.5) is 22.0 Å². The second kappa shape index (κ2) is 10.3. The molecule has 6 nitrogen and oxygen atoms in total. The molecule has 0 N–H and O–H groups in total. The molecule has 0 radical (unpaired) electrons. The molecule has 1 saturated heterocycles. The summed E-state index contributed by atoms with van der Waals surface area (Å²) >= 11 is 0. The second-order valence-electron chi connectivity index (χ2n) is 8.93. The summed E-state index contributed by atoms with van der Waals surface area (Å²) in [5.74, 6) is -1.74. The SMILES string of the molecule is O=C(c1cc(F)cc(F)c1)N1CCN(Cc2ccc(-c3noc(-c4cccc(C(F)(F)F)c4)n3)cc2)CC1. The van der Waals surface area contributed by atoms with Crippen molar-refractivity contribution in [1.29, 1.82) is 0 Å². The molecule has 0 saturated carbocycles. The lowest BCUT2D eigenvalue weighted by molar-refractivity contribution is -0.137. The maximum absolute atomic E-state index is 13.5. The zero-order valence-corrected chi connectivity index (χ0v) is 19.9. The summed E-state index contributed by atoms with van der Waals surface area (Å²) in [4.78, 5) is 20.6. The van der Waals surface area contributed by atoms with Crippen LogP contribution in [0.15, 0.2) is 71.3 Å². The van der Waals surface area contributed by atoms with Gasteiger partial charge in [0.1, 0.15) is 11.6 Å². The van der Waals surface area contributed by atoms with Crippen molar-refractivity contribution in [3.63, 3.8) is 0 Å². The van der Waals surface area contributed by atoms with Crippen LogP contribution in [-0.2, 0) is 12.7 Å². The summed E-state index contributed by atoms with van der Waals surface area (Å²) in [5, 5.41) is 3.90. The van der Waals surface area contributed by atoms with Crippen molar-refractivity contribution in [2.75, 3.05) is 26.2 Å². The third-order valence-corrected chi connectivity index (χ3v) is 6.25. The van der Waals surface area contributed by atoms with Gasteiger partial charge in [-0.15, -0.1) is 0 Å². The molecule has 0 unspecified atom stereocenters. The molecule has 1 fully saturated rings. The Labute approximate surface area is 214 Å². The highest BCUT2D eigenvalue weighted by Gasteiger charge is 2.31. The minimum atomic E-state index is -4.47. The Hall–Kier alpha value is -4.12. The Bertz CT molecular complexity index is 1420. The van der Waals surface area contributed by atoms with Gasteiger partial charge in [-0.1, -0.05) is 35.5 Å². The Kier molecular flexibility index (Phi) is 6.94. The Balaban J connectivity index is 1.19. The third kappa shape index (κ3) is 5.72. The fourth-order valence-corrected chi connectivity index (χ4v) is 4.27. The minimum absolute atomic E-state index is 0.00998. The summed E-state index contributed by atoms with van der Waals surface area (Å²) < 4.78 is 71.1. The standard InChI is InChI=1S/C27H21F5N4O2/c28-22-13-20(14-23(29)15-22)26(37)36-10-8-35(9-11-36)16-17-4-6-18(7-5-17)24-33-25(38-34-24)19-2-1-3-21(12-19)27(30,31)32/h1-7,12-15H,8-11,16H2. The lowest BCUT2D eigenvalue weighted by Crippen LogP contribution is -2.48. The van der Waals surface area contributed by atoms with Crippen LogP contribution >= 0.6 is 0 Å². The van der Waals surface area contributed by atoms with E-state index in [2.05, 4.69) is 15.0 Å². The van der Waals surface area contributed by atoms with Crippen LogP contribution in [0, 0.1) is 11.6 Å². The smallest absolute Gasteiger partial charge is 0.336 e. The number of aromatic nitrogens is 2. The van der Waals surface area contributed by atoms with Crippen molar-refractivity contribution >= 4 is 5.91 Å². The zero-order valence-electron chi connectivity index (χ0n) is 19.9. The van der Waals surface area contributed by atoms with Crippen LogP contribution in [0.1, 0.15) is 21.5 Å². The molecule has 2 heterocycles. The van der Waals surface area contributed by atoms with Crippen molar-refractivity contribution in [3.05, 3.63) is 95.1 Å². The van der Waals surface area contributed by atoms with Crippen LogP contribution in [0.3, 0.4) is 0 Å². The largest absolute Gasteiger partial charge is 0.416 e. The molecule has 196 valence electrons. The lowest BCUT2D eigenvalue weighted by atomic mass is 10.1. The van der Waals surface area contributed by atoms with E-state index in [1.54, 1.807) is 17.0 Å². The fraction of sp³-hybridized carbons (Fsp3) is 0.222. The highest BCUT2D eigenvalue weighted by atomic mass is 19.4. The van der Waals surface area contributed by atoms with Gasteiger partial charge < -0.3 is 9.42 Å². The maximum Gasteiger partial charge on any atom is 0.416 e. The predicted molar refractivity (Wildman–Crippen MR) is 128 cm³/mol. The molecule has 5 rings (SSSR count). The highest BCUT2D eigenvalue weighted by molar-refractivity contribution is 5.94. The van der Waals surface area contributed by atoms with Gasteiger partial charge in [-0.05, 0) is 35.9 Å². The molecule has 0 atom stereocenters. The number of rotatable bonds is 5. The first-order valence-electron chi connectivity index (χ1n) is 11.7. The van der Waals surface area contributed by atoms with E-state index in [0.29, 0.717) is 38.3 Å². The Morgan fingerprint density at radius 3 is 2.21 bits per heavy atom. The molecule has 38 heavy (non-hydrogen) atoms. The monoisotopic (exact) mass is 528 g/mol. The number of hydrogen-bond donors (Lipinski definition) is 0.